The van der Waals surface area contributed by atoms with Crippen LogP contribution in [0.4, 0.5) is 0 Å². The molecule has 6 heteroatoms. The Bertz CT molecular complexity index is 1460. The Hall–Kier alpha value is -4.45. The molecule has 0 fully saturated rings. The lowest BCUT2D eigenvalue weighted by Gasteiger charge is -2.18. The Morgan fingerprint density at radius 2 is 0.667 bits per heavy atom. The van der Waals surface area contributed by atoms with Crippen LogP contribution in [0, 0.1) is 0 Å². The second-order valence-corrected chi connectivity index (χ2v) is 16.8. The second kappa shape index (κ2) is 53.2. The number of rotatable bonds is 45. The fraction of sp³-hybridized carbons (Fsp3) is 0.583. The predicted molar refractivity (Wildman–Crippen MR) is 283 cm³/mol. The van der Waals surface area contributed by atoms with Gasteiger partial charge in [0.25, 0.3) is 0 Å². The maximum atomic E-state index is 12.8. The normalized spacial score (nSPS) is 13.2. The van der Waals surface area contributed by atoms with Crippen molar-refractivity contribution in [2.24, 2.45) is 0 Å². The minimum atomic E-state index is -0.836. The van der Waals surface area contributed by atoms with Gasteiger partial charge in [-0.25, -0.2) is 0 Å². The molecule has 1 unspecified atom stereocenters. The van der Waals surface area contributed by atoms with Crippen molar-refractivity contribution in [2.45, 2.75) is 213 Å². The maximum absolute atomic E-state index is 12.8. The van der Waals surface area contributed by atoms with Crippen LogP contribution in [0.1, 0.15) is 207 Å². The molecule has 6 nitrogen and oxygen atoms in total. The topological polar surface area (TPSA) is 78.9 Å². The van der Waals surface area contributed by atoms with Crippen molar-refractivity contribution >= 4 is 17.9 Å². The molecule has 0 aromatic heterocycles. The minimum absolute atomic E-state index is 0.127. The van der Waals surface area contributed by atoms with Gasteiger partial charge in [-0.05, 0) is 103 Å². The first-order chi connectivity index (χ1) is 32.5. The van der Waals surface area contributed by atoms with Crippen LogP contribution in [0.15, 0.2) is 134 Å². The molecule has 1 atom stereocenters. The summed E-state index contributed by atoms with van der Waals surface area (Å²) < 4.78 is 16.7. The summed E-state index contributed by atoms with van der Waals surface area (Å²) in [6, 6.07) is 0. The Kier molecular flexibility index (Phi) is 49.6. The van der Waals surface area contributed by atoms with Crippen molar-refractivity contribution in [3.05, 3.63) is 134 Å². The van der Waals surface area contributed by atoms with E-state index in [0.29, 0.717) is 19.3 Å². The molecule has 0 aliphatic carbocycles. The summed E-state index contributed by atoms with van der Waals surface area (Å²) in [5.41, 5.74) is 0. The maximum Gasteiger partial charge on any atom is 0.306 e. The number of carbonyl (C=O) groups excluding carboxylic acids is 3. The third-order valence-electron chi connectivity index (χ3n) is 10.5. The highest BCUT2D eigenvalue weighted by atomic mass is 16.6. The van der Waals surface area contributed by atoms with E-state index < -0.39 is 6.10 Å². The molecule has 0 heterocycles. The Balaban J connectivity index is 4.62. The van der Waals surface area contributed by atoms with Gasteiger partial charge in [0.2, 0.25) is 0 Å². The fourth-order valence-corrected chi connectivity index (χ4v) is 6.58. The molecule has 0 aliphatic rings. The first kappa shape index (κ1) is 61.5. The molecule has 0 N–H and O–H groups in total. The fourth-order valence-electron chi connectivity index (χ4n) is 6.58. The summed E-state index contributed by atoms with van der Waals surface area (Å²) in [4.78, 5) is 38.0. The molecular formula is C60H94O6. The lowest BCUT2D eigenvalue weighted by atomic mass is 10.1. The SMILES string of the molecule is CC\C=C/C=C\C=C/C=C\C=C\C=C/CCCCCC(=O)OCC(COC(=O)CCCCC/C=C\CCCCCCCCC)OC(=O)CCC/C=C\C/C=C\C/C=C\C/C=C\CCCCC. The van der Waals surface area contributed by atoms with Gasteiger partial charge in [-0.1, -0.05) is 219 Å². The van der Waals surface area contributed by atoms with Gasteiger partial charge in [0.1, 0.15) is 13.2 Å². The van der Waals surface area contributed by atoms with Gasteiger partial charge in [0.15, 0.2) is 6.10 Å². The van der Waals surface area contributed by atoms with Crippen LogP contribution in [-0.4, -0.2) is 37.2 Å². The number of carbonyl (C=O) groups is 3. The molecule has 0 saturated carbocycles. The van der Waals surface area contributed by atoms with Crippen molar-refractivity contribution in [1.29, 1.82) is 0 Å². The molecular weight excluding hydrogens is 817 g/mol. The highest BCUT2D eigenvalue weighted by Crippen LogP contribution is 2.12. The number of allylic oxidation sites excluding steroid dienone is 22. The summed E-state index contributed by atoms with van der Waals surface area (Å²) in [5.74, 6) is -1.05. The quantitative estimate of drug-likeness (QED) is 0.0199. The molecule has 66 heavy (non-hydrogen) atoms. The number of hydrogen-bond donors (Lipinski definition) is 0. The molecule has 0 rings (SSSR count). The third-order valence-corrected chi connectivity index (χ3v) is 10.5. The average molecular weight is 911 g/mol. The number of hydrogen-bond acceptors (Lipinski definition) is 6. The Morgan fingerprint density at radius 3 is 1.15 bits per heavy atom. The zero-order valence-electron chi connectivity index (χ0n) is 42.1. The van der Waals surface area contributed by atoms with Gasteiger partial charge in [0, 0.05) is 19.3 Å². The predicted octanol–water partition coefficient (Wildman–Crippen LogP) is 17.5. The highest BCUT2D eigenvalue weighted by Gasteiger charge is 2.19. The van der Waals surface area contributed by atoms with Crippen LogP contribution in [0.25, 0.3) is 0 Å². The van der Waals surface area contributed by atoms with E-state index in [0.717, 1.165) is 83.5 Å². The average Bonchev–Trinajstić information content (AvgIpc) is 3.31. The molecule has 0 radical (unpaired) electrons. The monoisotopic (exact) mass is 911 g/mol. The molecule has 0 aromatic rings. The molecule has 0 saturated heterocycles. The zero-order valence-corrected chi connectivity index (χ0v) is 42.1. The van der Waals surface area contributed by atoms with Gasteiger partial charge in [0.05, 0.1) is 0 Å². The zero-order chi connectivity index (χ0) is 47.9. The van der Waals surface area contributed by atoms with Crippen LogP contribution in [0.3, 0.4) is 0 Å². The van der Waals surface area contributed by atoms with Gasteiger partial charge in [-0.15, -0.1) is 0 Å². The van der Waals surface area contributed by atoms with Crippen molar-refractivity contribution in [3.8, 4) is 0 Å². The van der Waals surface area contributed by atoms with Crippen LogP contribution in [0.5, 0.6) is 0 Å². The van der Waals surface area contributed by atoms with Crippen molar-refractivity contribution in [3.63, 3.8) is 0 Å². The summed E-state index contributed by atoms with van der Waals surface area (Å²) in [6.45, 7) is 6.34. The summed E-state index contributed by atoms with van der Waals surface area (Å²) in [7, 11) is 0. The van der Waals surface area contributed by atoms with Crippen molar-refractivity contribution in [1.82, 2.24) is 0 Å². The highest BCUT2D eigenvalue weighted by molar-refractivity contribution is 5.71. The second-order valence-electron chi connectivity index (χ2n) is 16.8. The number of ether oxygens (including phenoxy) is 3. The minimum Gasteiger partial charge on any atom is -0.462 e. The van der Waals surface area contributed by atoms with E-state index in [-0.39, 0.29) is 44.0 Å². The first-order valence-corrected chi connectivity index (χ1v) is 26.3. The van der Waals surface area contributed by atoms with E-state index in [1.165, 1.54) is 70.6 Å². The summed E-state index contributed by atoms with van der Waals surface area (Å²) in [6.07, 6.45) is 74.3. The molecule has 0 amide bonds. The van der Waals surface area contributed by atoms with Crippen molar-refractivity contribution < 1.29 is 28.6 Å². The van der Waals surface area contributed by atoms with Gasteiger partial charge in [-0.3, -0.25) is 14.4 Å². The molecule has 370 valence electrons. The van der Waals surface area contributed by atoms with E-state index in [2.05, 4.69) is 93.7 Å². The lowest BCUT2D eigenvalue weighted by Crippen LogP contribution is -2.30. The molecule has 0 spiro atoms. The van der Waals surface area contributed by atoms with E-state index in [1.54, 1.807) is 0 Å². The Labute approximate surface area is 405 Å². The van der Waals surface area contributed by atoms with E-state index in [4.69, 9.17) is 14.2 Å². The summed E-state index contributed by atoms with van der Waals surface area (Å²) in [5, 5.41) is 0. The van der Waals surface area contributed by atoms with Crippen LogP contribution < -0.4 is 0 Å². The van der Waals surface area contributed by atoms with Crippen molar-refractivity contribution in [2.75, 3.05) is 13.2 Å². The Morgan fingerprint density at radius 1 is 0.333 bits per heavy atom. The van der Waals surface area contributed by atoms with E-state index >= 15 is 0 Å². The molecule has 0 aromatic carbocycles. The number of unbranched alkanes of at least 4 members (excludes halogenated alkanes) is 17. The first-order valence-electron chi connectivity index (χ1n) is 26.3. The lowest BCUT2D eigenvalue weighted by molar-refractivity contribution is -0.167. The molecule has 0 aliphatic heterocycles. The van der Waals surface area contributed by atoms with E-state index in [9.17, 15) is 14.4 Å². The standard InChI is InChI=1S/C60H94O6/c1-4-7-10-13-16-19-22-25-28-30-32-35-38-41-44-47-50-53-59(62)65-56-57(55-64-58(61)52-49-46-43-40-37-34-27-24-21-18-15-12-9-6-3)66-60(63)54-51-48-45-42-39-36-33-31-29-26-23-20-17-14-11-8-5-2/h7,10,13,16-17,19-20,22,25-26,28-30,32-38,42,45,57H,4-6,8-9,11-12,14-15,18,21,23-24,27,31,39-41,43-44,46-56H2,1-3H3/b10-7-,16-13-,20-17-,22-19-,28-25-,29-26-,32-30+,36-33-,37-34-,38-35-,45-42-. The largest absolute Gasteiger partial charge is 0.462 e. The van der Waals surface area contributed by atoms with Gasteiger partial charge < -0.3 is 14.2 Å². The smallest absolute Gasteiger partial charge is 0.306 e. The number of esters is 3. The molecule has 0 bridgehead atoms. The van der Waals surface area contributed by atoms with Gasteiger partial charge >= 0.3 is 17.9 Å². The van der Waals surface area contributed by atoms with E-state index in [1.807, 2.05) is 60.8 Å². The van der Waals surface area contributed by atoms with Crippen LogP contribution in [-0.2, 0) is 28.6 Å². The van der Waals surface area contributed by atoms with Crippen LogP contribution in [0.2, 0.25) is 0 Å². The third kappa shape index (κ3) is 50.5. The van der Waals surface area contributed by atoms with Gasteiger partial charge in [-0.2, -0.15) is 0 Å². The van der Waals surface area contributed by atoms with Crippen LogP contribution >= 0.6 is 0 Å². The summed E-state index contributed by atoms with van der Waals surface area (Å²) >= 11 is 0.